The minimum atomic E-state index is 0.327. The minimum Gasteiger partial charge on any atom is -0.327 e. The molecule has 0 saturated heterocycles. The van der Waals surface area contributed by atoms with Crippen LogP contribution in [0.4, 0.5) is 0 Å². The Morgan fingerprint density at radius 2 is 2.06 bits per heavy atom. The van der Waals surface area contributed by atoms with Gasteiger partial charge in [-0.1, -0.05) is 30.9 Å². The molecule has 0 amide bonds. The summed E-state index contributed by atoms with van der Waals surface area (Å²) in [6.07, 6.45) is 7.27. The van der Waals surface area contributed by atoms with Gasteiger partial charge >= 0.3 is 0 Å². The van der Waals surface area contributed by atoms with Crippen molar-refractivity contribution in [2.75, 3.05) is 0 Å². The Morgan fingerprint density at radius 1 is 1.35 bits per heavy atom. The van der Waals surface area contributed by atoms with Crippen molar-refractivity contribution < 1.29 is 0 Å². The predicted octanol–water partition coefficient (Wildman–Crippen LogP) is 2.83. The average Bonchev–Trinajstić information content (AvgIpc) is 2.45. The van der Waals surface area contributed by atoms with E-state index in [1.807, 2.05) is 14.0 Å². The summed E-state index contributed by atoms with van der Waals surface area (Å²) in [6, 6.07) is 0.327. The summed E-state index contributed by atoms with van der Waals surface area (Å²) in [6.45, 7) is 2.03. The highest BCUT2D eigenvalue weighted by Crippen LogP contribution is 2.29. The number of aryl methyl sites for hydroxylation is 2. The molecule has 0 aromatic carbocycles. The van der Waals surface area contributed by atoms with Gasteiger partial charge in [0.2, 0.25) is 0 Å². The molecular formula is C13H22ClN3. The molecule has 2 rings (SSSR count). The van der Waals surface area contributed by atoms with Crippen molar-refractivity contribution >= 4 is 11.6 Å². The van der Waals surface area contributed by atoms with Crippen molar-refractivity contribution in [1.29, 1.82) is 0 Å². The van der Waals surface area contributed by atoms with E-state index in [2.05, 4.69) is 5.10 Å². The van der Waals surface area contributed by atoms with E-state index in [0.29, 0.717) is 12.0 Å². The maximum atomic E-state index is 6.28. The molecule has 0 aliphatic heterocycles. The second-order valence-corrected chi connectivity index (χ2v) is 5.60. The molecule has 1 aliphatic carbocycles. The number of aromatic nitrogens is 2. The highest BCUT2D eigenvalue weighted by molar-refractivity contribution is 6.30. The zero-order chi connectivity index (χ0) is 12.4. The highest BCUT2D eigenvalue weighted by atomic mass is 35.5. The van der Waals surface area contributed by atoms with Crippen LogP contribution in [0.25, 0.3) is 0 Å². The number of halogens is 1. The van der Waals surface area contributed by atoms with Crippen LogP contribution in [-0.2, 0) is 13.5 Å². The van der Waals surface area contributed by atoms with Gasteiger partial charge in [0.1, 0.15) is 5.15 Å². The summed E-state index contributed by atoms with van der Waals surface area (Å²) in [4.78, 5) is 0. The van der Waals surface area contributed by atoms with E-state index in [1.165, 1.54) is 31.2 Å². The van der Waals surface area contributed by atoms with Crippen LogP contribution in [0.3, 0.4) is 0 Å². The van der Waals surface area contributed by atoms with E-state index in [4.69, 9.17) is 17.3 Å². The first-order chi connectivity index (χ1) is 8.09. The van der Waals surface area contributed by atoms with Crippen LogP contribution in [0.5, 0.6) is 0 Å². The zero-order valence-electron chi connectivity index (χ0n) is 10.7. The van der Waals surface area contributed by atoms with Crippen LogP contribution in [0.1, 0.15) is 43.4 Å². The summed E-state index contributed by atoms with van der Waals surface area (Å²) in [5, 5.41) is 5.15. The third-order valence-corrected chi connectivity index (χ3v) is 4.43. The fourth-order valence-electron chi connectivity index (χ4n) is 2.83. The van der Waals surface area contributed by atoms with Crippen molar-refractivity contribution in [2.24, 2.45) is 18.7 Å². The van der Waals surface area contributed by atoms with Crippen molar-refractivity contribution in [2.45, 2.75) is 51.5 Å². The Kier molecular flexibility index (Phi) is 4.10. The lowest BCUT2D eigenvalue weighted by atomic mass is 9.89. The summed E-state index contributed by atoms with van der Waals surface area (Å²) < 4.78 is 1.76. The molecule has 1 aliphatic rings. The largest absolute Gasteiger partial charge is 0.327 e. The molecule has 1 saturated carbocycles. The van der Waals surface area contributed by atoms with E-state index >= 15 is 0 Å². The van der Waals surface area contributed by atoms with Gasteiger partial charge in [0.15, 0.2) is 0 Å². The van der Waals surface area contributed by atoms with Gasteiger partial charge in [-0.2, -0.15) is 5.10 Å². The lowest BCUT2D eigenvalue weighted by molar-refractivity contribution is 0.395. The Labute approximate surface area is 108 Å². The van der Waals surface area contributed by atoms with Gasteiger partial charge in [-0.25, -0.2) is 0 Å². The summed E-state index contributed by atoms with van der Waals surface area (Å²) >= 11 is 6.28. The number of nitrogens with zero attached hydrogens (tertiary/aromatic N) is 2. The van der Waals surface area contributed by atoms with Crippen molar-refractivity contribution in [3.8, 4) is 0 Å². The van der Waals surface area contributed by atoms with Gasteiger partial charge in [0, 0.05) is 18.7 Å². The molecule has 3 nitrogen and oxygen atoms in total. The van der Waals surface area contributed by atoms with E-state index in [9.17, 15) is 0 Å². The summed E-state index contributed by atoms with van der Waals surface area (Å²) in [5.74, 6) is 0.567. The zero-order valence-corrected chi connectivity index (χ0v) is 11.5. The SMILES string of the molecule is Cc1nn(C)c(Cl)c1CC1CCCCCC1N. The molecule has 1 aromatic heterocycles. The lowest BCUT2D eigenvalue weighted by Gasteiger charge is -2.21. The Bertz CT molecular complexity index is 386. The molecule has 0 radical (unpaired) electrons. The topological polar surface area (TPSA) is 43.8 Å². The van der Waals surface area contributed by atoms with Crippen LogP contribution < -0.4 is 5.73 Å². The van der Waals surface area contributed by atoms with Crippen molar-refractivity contribution in [1.82, 2.24) is 9.78 Å². The Morgan fingerprint density at radius 3 is 2.71 bits per heavy atom. The van der Waals surface area contributed by atoms with E-state index in [0.717, 1.165) is 23.7 Å². The lowest BCUT2D eigenvalue weighted by Crippen LogP contribution is -2.30. The van der Waals surface area contributed by atoms with Crippen LogP contribution in [0, 0.1) is 12.8 Å². The predicted molar refractivity (Wildman–Crippen MR) is 71.2 cm³/mol. The van der Waals surface area contributed by atoms with E-state index in [-0.39, 0.29) is 0 Å². The molecule has 17 heavy (non-hydrogen) atoms. The minimum absolute atomic E-state index is 0.327. The molecular weight excluding hydrogens is 234 g/mol. The second-order valence-electron chi connectivity index (χ2n) is 5.24. The quantitative estimate of drug-likeness (QED) is 0.826. The third-order valence-electron chi connectivity index (χ3n) is 3.95. The molecule has 0 bridgehead atoms. The molecule has 2 unspecified atom stereocenters. The smallest absolute Gasteiger partial charge is 0.130 e. The van der Waals surface area contributed by atoms with Crippen LogP contribution in [0.15, 0.2) is 0 Å². The molecule has 1 fully saturated rings. The summed E-state index contributed by atoms with van der Waals surface area (Å²) in [7, 11) is 1.89. The fraction of sp³-hybridized carbons (Fsp3) is 0.769. The maximum Gasteiger partial charge on any atom is 0.130 e. The molecule has 2 N–H and O–H groups in total. The van der Waals surface area contributed by atoms with Crippen molar-refractivity contribution in [3.63, 3.8) is 0 Å². The standard InChI is InChI=1S/C13H22ClN3/c1-9-11(13(14)17(2)16-9)8-10-6-4-3-5-7-12(10)15/h10,12H,3-8,15H2,1-2H3. The molecule has 96 valence electrons. The summed E-state index contributed by atoms with van der Waals surface area (Å²) in [5.41, 5.74) is 8.50. The normalized spacial score (nSPS) is 25.9. The molecule has 0 spiro atoms. The molecule has 4 heteroatoms. The first-order valence-electron chi connectivity index (χ1n) is 6.53. The van der Waals surface area contributed by atoms with Gasteiger partial charge in [-0.15, -0.1) is 0 Å². The van der Waals surface area contributed by atoms with Crippen LogP contribution in [-0.4, -0.2) is 15.8 Å². The number of hydrogen-bond donors (Lipinski definition) is 1. The first kappa shape index (κ1) is 12.9. The monoisotopic (exact) mass is 255 g/mol. The fourth-order valence-corrected chi connectivity index (χ4v) is 3.09. The van der Waals surface area contributed by atoms with Crippen LogP contribution in [0.2, 0.25) is 5.15 Å². The first-order valence-corrected chi connectivity index (χ1v) is 6.91. The van der Waals surface area contributed by atoms with Gasteiger partial charge in [0.25, 0.3) is 0 Å². The van der Waals surface area contributed by atoms with Crippen LogP contribution >= 0.6 is 11.6 Å². The average molecular weight is 256 g/mol. The van der Waals surface area contributed by atoms with E-state index in [1.54, 1.807) is 4.68 Å². The van der Waals surface area contributed by atoms with Gasteiger partial charge < -0.3 is 5.73 Å². The Hall–Kier alpha value is -0.540. The van der Waals surface area contributed by atoms with Gasteiger partial charge in [-0.05, 0) is 32.1 Å². The second kappa shape index (κ2) is 5.40. The molecule has 1 heterocycles. The van der Waals surface area contributed by atoms with Gasteiger partial charge in [-0.3, -0.25) is 4.68 Å². The highest BCUT2D eigenvalue weighted by Gasteiger charge is 2.23. The Balaban J connectivity index is 2.13. The molecule has 2 atom stereocenters. The number of hydrogen-bond acceptors (Lipinski definition) is 2. The number of nitrogens with two attached hydrogens (primary N) is 1. The number of rotatable bonds is 2. The van der Waals surface area contributed by atoms with Gasteiger partial charge in [0.05, 0.1) is 5.69 Å². The maximum absolute atomic E-state index is 6.28. The van der Waals surface area contributed by atoms with Crippen molar-refractivity contribution in [3.05, 3.63) is 16.4 Å². The third kappa shape index (κ3) is 2.83. The van der Waals surface area contributed by atoms with E-state index < -0.39 is 0 Å². The molecule has 1 aromatic rings.